The van der Waals surface area contributed by atoms with Gasteiger partial charge in [0.2, 0.25) is 0 Å². The van der Waals surface area contributed by atoms with Gasteiger partial charge in [-0.2, -0.15) is 0 Å². The van der Waals surface area contributed by atoms with Gasteiger partial charge in [-0.25, -0.2) is 9.18 Å². The van der Waals surface area contributed by atoms with E-state index in [1.807, 2.05) is 13.8 Å². The summed E-state index contributed by atoms with van der Waals surface area (Å²) >= 11 is 0. The molecule has 0 aliphatic rings. The van der Waals surface area contributed by atoms with Crippen LogP contribution in [0, 0.1) is 11.7 Å². The molecule has 21 heavy (non-hydrogen) atoms. The molecule has 1 aromatic carbocycles. The topological polar surface area (TPSA) is 75.6 Å². The highest BCUT2D eigenvalue weighted by Crippen LogP contribution is 2.13. The third-order valence-corrected chi connectivity index (χ3v) is 2.82. The second-order valence-electron chi connectivity index (χ2n) is 5.24. The lowest BCUT2D eigenvalue weighted by Gasteiger charge is -2.20. The quantitative estimate of drug-likeness (QED) is 0.809. The van der Waals surface area contributed by atoms with Crippen LogP contribution < -0.4 is 10.1 Å². The Morgan fingerprint density at radius 2 is 1.81 bits per heavy atom. The van der Waals surface area contributed by atoms with E-state index in [2.05, 4.69) is 5.32 Å². The fraction of sp³-hybridized carbons (Fsp3) is 0.467. The van der Waals surface area contributed by atoms with Crippen LogP contribution in [0.4, 0.5) is 4.39 Å². The van der Waals surface area contributed by atoms with E-state index in [0.29, 0.717) is 12.2 Å². The first-order valence-corrected chi connectivity index (χ1v) is 6.75. The first-order chi connectivity index (χ1) is 9.79. The number of carboxylic acids is 1. The summed E-state index contributed by atoms with van der Waals surface area (Å²) in [5, 5.41) is 11.5. The number of halogens is 1. The van der Waals surface area contributed by atoms with Crippen molar-refractivity contribution in [3.05, 3.63) is 30.1 Å². The second kappa shape index (κ2) is 7.61. The molecule has 116 valence electrons. The van der Waals surface area contributed by atoms with Gasteiger partial charge >= 0.3 is 5.97 Å². The molecular formula is C15H20FNO4. The maximum atomic E-state index is 12.8. The lowest BCUT2D eigenvalue weighted by Crippen LogP contribution is -2.46. The Kier molecular flexibility index (Phi) is 6.14. The van der Waals surface area contributed by atoms with E-state index < -0.39 is 29.8 Å². The monoisotopic (exact) mass is 297 g/mol. The number of nitrogens with one attached hydrogen (secondary N) is 1. The molecule has 0 radical (unpaired) electrons. The van der Waals surface area contributed by atoms with Crippen LogP contribution in [0.2, 0.25) is 0 Å². The summed E-state index contributed by atoms with van der Waals surface area (Å²) < 4.78 is 18.1. The fourth-order valence-corrected chi connectivity index (χ4v) is 1.75. The van der Waals surface area contributed by atoms with Gasteiger partial charge in [-0.1, -0.05) is 13.8 Å². The molecule has 1 rings (SSSR count). The number of carbonyl (C=O) groups excluding carboxylic acids is 1. The Labute approximate surface area is 123 Å². The molecule has 0 aliphatic heterocycles. The second-order valence-corrected chi connectivity index (χ2v) is 5.24. The predicted octanol–water partition coefficient (Wildman–Crippen LogP) is 2.21. The van der Waals surface area contributed by atoms with E-state index in [-0.39, 0.29) is 5.92 Å². The number of hydrogen-bond acceptors (Lipinski definition) is 3. The van der Waals surface area contributed by atoms with Gasteiger partial charge in [0.1, 0.15) is 17.6 Å². The van der Waals surface area contributed by atoms with E-state index in [1.165, 1.54) is 31.2 Å². The van der Waals surface area contributed by atoms with Gasteiger partial charge in [0.05, 0.1) is 0 Å². The lowest BCUT2D eigenvalue weighted by molar-refractivity contribution is -0.143. The van der Waals surface area contributed by atoms with E-state index in [4.69, 9.17) is 9.84 Å². The van der Waals surface area contributed by atoms with E-state index in [9.17, 15) is 14.0 Å². The number of benzene rings is 1. The number of ether oxygens (including phenoxy) is 1. The van der Waals surface area contributed by atoms with Crippen LogP contribution in [-0.2, 0) is 9.59 Å². The highest BCUT2D eigenvalue weighted by atomic mass is 19.1. The molecule has 1 unspecified atom stereocenters. The summed E-state index contributed by atoms with van der Waals surface area (Å²) in [6.07, 6.45) is -0.533. The normalized spacial score (nSPS) is 13.6. The number of amides is 1. The largest absolute Gasteiger partial charge is 0.481 e. The molecule has 0 heterocycles. The molecule has 0 spiro atoms. The van der Waals surface area contributed by atoms with Gasteiger partial charge in [0, 0.05) is 0 Å². The van der Waals surface area contributed by atoms with Crippen LogP contribution in [-0.4, -0.2) is 29.1 Å². The highest BCUT2D eigenvalue weighted by Gasteiger charge is 2.24. The zero-order valence-corrected chi connectivity index (χ0v) is 12.3. The van der Waals surface area contributed by atoms with Crippen LogP contribution in [0.3, 0.4) is 0 Å². The third-order valence-electron chi connectivity index (χ3n) is 2.82. The van der Waals surface area contributed by atoms with Crippen molar-refractivity contribution in [1.29, 1.82) is 0 Å². The molecule has 0 fully saturated rings. The Morgan fingerprint density at radius 3 is 2.29 bits per heavy atom. The summed E-state index contributed by atoms with van der Waals surface area (Å²) in [4.78, 5) is 23.0. The fourth-order valence-electron chi connectivity index (χ4n) is 1.75. The Hall–Kier alpha value is -2.11. The van der Waals surface area contributed by atoms with Crippen molar-refractivity contribution in [3.8, 4) is 5.75 Å². The van der Waals surface area contributed by atoms with Crippen molar-refractivity contribution in [2.24, 2.45) is 5.92 Å². The van der Waals surface area contributed by atoms with E-state index in [0.717, 1.165) is 0 Å². The number of hydrogen-bond donors (Lipinski definition) is 2. The van der Waals surface area contributed by atoms with Crippen molar-refractivity contribution in [2.75, 3.05) is 0 Å². The van der Waals surface area contributed by atoms with Crippen molar-refractivity contribution in [3.63, 3.8) is 0 Å². The van der Waals surface area contributed by atoms with Crippen LogP contribution in [0.15, 0.2) is 24.3 Å². The average Bonchev–Trinajstić information content (AvgIpc) is 2.39. The molecule has 6 heteroatoms. The summed E-state index contributed by atoms with van der Waals surface area (Å²) in [6.45, 7) is 5.26. The van der Waals surface area contributed by atoms with Crippen molar-refractivity contribution in [1.82, 2.24) is 5.32 Å². The van der Waals surface area contributed by atoms with E-state index >= 15 is 0 Å². The van der Waals surface area contributed by atoms with Crippen molar-refractivity contribution < 1.29 is 23.8 Å². The standard InChI is InChI=1S/C15H20FNO4/c1-9(2)8-13(15(19)20)17-14(18)10(3)21-12-6-4-11(16)5-7-12/h4-7,9-10,13H,8H2,1-3H3,(H,17,18)(H,19,20)/t10?,13-/m0/s1. The molecule has 0 saturated heterocycles. The van der Waals surface area contributed by atoms with Gasteiger partial charge in [-0.3, -0.25) is 4.79 Å². The van der Waals surface area contributed by atoms with Gasteiger partial charge < -0.3 is 15.2 Å². The zero-order chi connectivity index (χ0) is 16.0. The first-order valence-electron chi connectivity index (χ1n) is 6.75. The van der Waals surface area contributed by atoms with Gasteiger partial charge in [0.15, 0.2) is 6.10 Å². The molecule has 1 amide bonds. The molecule has 0 aromatic heterocycles. The number of aliphatic carboxylic acids is 1. The van der Waals surface area contributed by atoms with E-state index in [1.54, 1.807) is 0 Å². The number of rotatable bonds is 7. The van der Waals surface area contributed by atoms with Crippen molar-refractivity contribution in [2.45, 2.75) is 39.3 Å². The summed E-state index contributed by atoms with van der Waals surface area (Å²) in [6, 6.07) is 4.30. The summed E-state index contributed by atoms with van der Waals surface area (Å²) in [5.74, 6) is -1.52. The maximum absolute atomic E-state index is 12.8. The Balaban J connectivity index is 2.60. The lowest BCUT2D eigenvalue weighted by atomic mass is 10.0. The molecule has 0 aliphatic carbocycles. The van der Waals surface area contributed by atoms with Crippen LogP contribution in [0.5, 0.6) is 5.75 Å². The van der Waals surface area contributed by atoms with Gasteiger partial charge in [-0.05, 0) is 43.5 Å². The summed E-state index contributed by atoms with van der Waals surface area (Å²) in [5.41, 5.74) is 0. The minimum atomic E-state index is -1.08. The minimum absolute atomic E-state index is 0.139. The molecule has 1 aromatic rings. The molecule has 0 saturated carbocycles. The third kappa shape index (κ3) is 5.81. The molecule has 5 nitrogen and oxygen atoms in total. The Bertz CT molecular complexity index is 487. The molecule has 0 bridgehead atoms. The minimum Gasteiger partial charge on any atom is -0.481 e. The number of carbonyl (C=O) groups is 2. The van der Waals surface area contributed by atoms with Crippen LogP contribution >= 0.6 is 0 Å². The zero-order valence-electron chi connectivity index (χ0n) is 12.3. The molecular weight excluding hydrogens is 277 g/mol. The van der Waals surface area contributed by atoms with Gasteiger partial charge in [0.25, 0.3) is 5.91 Å². The maximum Gasteiger partial charge on any atom is 0.326 e. The van der Waals surface area contributed by atoms with Crippen molar-refractivity contribution >= 4 is 11.9 Å². The summed E-state index contributed by atoms with van der Waals surface area (Å²) in [7, 11) is 0. The molecule has 2 atom stereocenters. The average molecular weight is 297 g/mol. The smallest absolute Gasteiger partial charge is 0.326 e. The molecule has 2 N–H and O–H groups in total. The highest BCUT2D eigenvalue weighted by molar-refractivity contribution is 5.86. The van der Waals surface area contributed by atoms with Crippen LogP contribution in [0.1, 0.15) is 27.2 Å². The Morgan fingerprint density at radius 1 is 1.24 bits per heavy atom. The van der Waals surface area contributed by atoms with Crippen LogP contribution in [0.25, 0.3) is 0 Å². The SMILES string of the molecule is CC(C)C[C@H](NC(=O)C(C)Oc1ccc(F)cc1)C(=O)O. The number of carboxylic acid groups (broad SMARTS) is 1. The van der Waals surface area contributed by atoms with Gasteiger partial charge in [-0.15, -0.1) is 0 Å². The first kappa shape index (κ1) is 16.9. The predicted molar refractivity (Wildman–Crippen MR) is 75.5 cm³/mol.